The lowest BCUT2D eigenvalue weighted by Crippen LogP contribution is -2.50. The number of benzene rings is 1. The minimum atomic E-state index is -0.914. The third-order valence-electron chi connectivity index (χ3n) is 5.85. The fourth-order valence-corrected chi connectivity index (χ4v) is 4.68. The van der Waals surface area contributed by atoms with E-state index in [-0.39, 0.29) is 25.0 Å². The van der Waals surface area contributed by atoms with Crippen molar-refractivity contribution in [2.45, 2.75) is 31.9 Å². The number of aryl methyl sites for hydroxylation is 1. The molecule has 38 heavy (non-hydrogen) atoms. The number of nitrogens with zero attached hydrogens (tertiary/aromatic N) is 3. The molecule has 1 aliphatic heterocycles. The van der Waals surface area contributed by atoms with Gasteiger partial charge in [-0.25, -0.2) is 4.98 Å². The van der Waals surface area contributed by atoms with Gasteiger partial charge in [0.25, 0.3) is 5.19 Å². The zero-order valence-corrected chi connectivity index (χ0v) is 22.4. The predicted molar refractivity (Wildman–Crippen MR) is 146 cm³/mol. The second-order valence-corrected chi connectivity index (χ2v) is 10.4. The minimum Gasteiger partial charge on any atom is -0.465 e. The van der Waals surface area contributed by atoms with Gasteiger partial charge in [-0.1, -0.05) is 41.1 Å². The Kier molecular flexibility index (Phi) is 9.45. The van der Waals surface area contributed by atoms with E-state index < -0.39 is 17.9 Å². The molecule has 0 bridgehead atoms. The Morgan fingerprint density at radius 1 is 1.21 bits per heavy atom. The smallest absolute Gasteiger partial charge is 0.273 e. The molecule has 0 radical (unpaired) electrons. The lowest BCUT2D eigenvalue weighted by Gasteiger charge is -2.20. The highest BCUT2D eigenvalue weighted by Crippen LogP contribution is 2.23. The van der Waals surface area contributed by atoms with E-state index in [1.807, 2.05) is 13.0 Å². The van der Waals surface area contributed by atoms with Gasteiger partial charge in [-0.05, 0) is 42.8 Å². The zero-order valence-electron chi connectivity index (χ0n) is 20.8. The first kappa shape index (κ1) is 27.3. The maximum atomic E-state index is 13.0. The molecule has 2 atom stereocenters. The normalized spacial score (nSPS) is 15.8. The second-order valence-electron chi connectivity index (χ2n) is 8.79. The summed E-state index contributed by atoms with van der Waals surface area (Å²) >= 11 is 7.37. The quantitative estimate of drug-likeness (QED) is 0.373. The number of nitrogens with one attached hydrogen (secondary N) is 2. The van der Waals surface area contributed by atoms with Crippen LogP contribution in [0.1, 0.15) is 22.6 Å². The van der Waals surface area contributed by atoms with E-state index in [2.05, 4.69) is 20.6 Å². The summed E-state index contributed by atoms with van der Waals surface area (Å²) in [6.07, 6.45) is 7.08. The number of pyridine rings is 1. The van der Waals surface area contributed by atoms with E-state index in [4.69, 9.17) is 16.3 Å². The molecule has 3 heterocycles. The van der Waals surface area contributed by atoms with Crippen LogP contribution in [-0.4, -0.2) is 64.4 Å². The molecule has 2 aromatic heterocycles. The number of amides is 3. The number of carbonyl (C=O) groups is 3. The van der Waals surface area contributed by atoms with E-state index in [0.29, 0.717) is 35.4 Å². The maximum Gasteiger partial charge on any atom is 0.273 e. The summed E-state index contributed by atoms with van der Waals surface area (Å²) in [6.45, 7) is 2.73. The molecule has 2 N–H and O–H groups in total. The van der Waals surface area contributed by atoms with Crippen molar-refractivity contribution in [3.63, 3.8) is 0 Å². The van der Waals surface area contributed by atoms with Crippen LogP contribution in [0.4, 0.5) is 0 Å². The van der Waals surface area contributed by atoms with Gasteiger partial charge in [0.05, 0.1) is 13.1 Å². The summed E-state index contributed by atoms with van der Waals surface area (Å²) in [5, 5.41) is 6.58. The molecule has 3 aromatic rings. The van der Waals surface area contributed by atoms with Crippen LogP contribution in [0, 0.1) is 6.92 Å². The van der Waals surface area contributed by atoms with Gasteiger partial charge >= 0.3 is 0 Å². The Morgan fingerprint density at radius 3 is 2.74 bits per heavy atom. The van der Waals surface area contributed by atoms with Gasteiger partial charge in [-0.15, -0.1) is 0 Å². The van der Waals surface area contributed by atoms with Gasteiger partial charge in [-0.2, -0.15) is 0 Å². The summed E-state index contributed by atoms with van der Waals surface area (Å²) in [4.78, 5) is 49.6. The molecule has 0 saturated carbocycles. The average molecular weight is 554 g/mol. The molecule has 1 fully saturated rings. The third-order valence-corrected chi connectivity index (χ3v) is 6.90. The second kappa shape index (κ2) is 13.2. The van der Waals surface area contributed by atoms with Crippen molar-refractivity contribution >= 4 is 46.7 Å². The summed E-state index contributed by atoms with van der Waals surface area (Å²) < 4.78 is 5.87. The number of thiazole rings is 1. The van der Waals surface area contributed by atoms with Crippen LogP contribution in [0.5, 0.6) is 5.19 Å². The standard InChI is InChI=1S/C27H28ClN5O4S/c1-18-15-31-27(38-18)37-22-11-13-33(17-22)25(35)16-30-26(36)23(14-21-4-2-3-12-29-21)32-24(34)10-7-19-5-8-20(28)9-6-19/h2-10,12,15,22-23H,11,13-14,16-17H2,1H3,(H,30,36)(H,32,34)/b10-7+/t22-,23+/m1/s1. The lowest BCUT2D eigenvalue weighted by atomic mass is 10.1. The van der Waals surface area contributed by atoms with Crippen molar-refractivity contribution in [2.24, 2.45) is 0 Å². The summed E-state index contributed by atoms with van der Waals surface area (Å²) in [6, 6.07) is 11.4. The summed E-state index contributed by atoms with van der Waals surface area (Å²) in [5.74, 6) is -1.13. The van der Waals surface area contributed by atoms with Crippen LogP contribution in [0.2, 0.25) is 5.02 Å². The Labute approximate surface area is 229 Å². The SMILES string of the molecule is Cc1cnc(O[C@@H]2CCN(C(=O)CNC(=O)[C@H](Cc3ccccn3)NC(=O)/C=C/c3ccc(Cl)cc3)C2)s1. The average Bonchev–Trinajstić information content (AvgIpc) is 3.56. The molecule has 0 spiro atoms. The number of hydrogen-bond acceptors (Lipinski definition) is 7. The Hall–Kier alpha value is -3.76. The molecule has 9 nitrogen and oxygen atoms in total. The van der Waals surface area contributed by atoms with Crippen molar-refractivity contribution in [1.29, 1.82) is 0 Å². The van der Waals surface area contributed by atoms with Crippen LogP contribution in [0.3, 0.4) is 0 Å². The summed E-state index contributed by atoms with van der Waals surface area (Å²) in [5.41, 5.74) is 1.43. The molecule has 198 valence electrons. The van der Waals surface area contributed by atoms with Gasteiger partial charge in [0.2, 0.25) is 17.7 Å². The molecule has 4 rings (SSSR count). The molecule has 3 amide bonds. The van der Waals surface area contributed by atoms with E-state index in [0.717, 1.165) is 10.4 Å². The number of rotatable bonds is 10. The van der Waals surface area contributed by atoms with Gasteiger partial charge in [0.15, 0.2) is 0 Å². The maximum absolute atomic E-state index is 13.0. The lowest BCUT2D eigenvalue weighted by molar-refractivity contribution is -0.133. The van der Waals surface area contributed by atoms with Crippen molar-refractivity contribution in [3.05, 3.63) is 82.1 Å². The molecule has 1 saturated heterocycles. The zero-order chi connectivity index (χ0) is 26.9. The van der Waals surface area contributed by atoms with Crippen molar-refractivity contribution < 1.29 is 19.1 Å². The Morgan fingerprint density at radius 2 is 2.03 bits per heavy atom. The molecule has 1 aliphatic rings. The molecule has 11 heteroatoms. The first-order valence-corrected chi connectivity index (χ1v) is 13.3. The number of ether oxygens (including phenoxy) is 1. The van der Waals surface area contributed by atoms with Crippen molar-refractivity contribution in [3.8, 4) is 5.19 Å². The number of likely N-dealkylation sites (tertiary alicyclic amines) is 1. The van der Waals surface area contributed by atoms with Crippen LogP contribution >= 0.6 is 22.9 Å². The fraction of sp³-hybridized carbons (Fsp3) is 0.296. The van der Waals surface area contributed by atoms with E-state index >= 15 is 0 Å². The molecular formula is C27H28ClN5O4S. The van der Waals surface area contributed by atoms with E-state index in [1.165, 1.54) is 17.4 Å². The van der Waals surface area contributed by atoms with Gasteiger partial charge in [0, 0.05) is 53.4 Å². The predicted octanol–water partition coefficient (Wildman–Crippen LogP) is 3.04. The number of hydrogen-bond donors (Lipinski definition) is 2. The number of carbonyl (C=O) groups excluding carboxylic acids is 3. The molecule has 0 aliphatic carbocycles. The fourth-order valence-electron chi connectivity index (χ4n) is 3.88. The van der Waals surface area contributed by atoms with Crippen LogP contribution < -0.4 is 15.4 Å². The monoisotopic (exact) mass is 553 g/mol. The van der Waals surface area contributed by atoms with Crippen LogP contribution in [-0.2, 0) is 20.8 Å². The molecule has 0 unspecified atom stereocenters. The Bertz CT molecular complexity index is 1280. The van der Waals surface area contributed by atoms with Gasteiger partial charge < -0.3 is 20.3 Å². The van der Waals surface area contributed by atoms with Crippen molar-refractivity contribution in [2.75, 3.05) is 19.6 Å². The minimum absolute atomic E-state index is 0.135. The largest absolute Gasteiger partial charge is 0.465 e. The first-order chi connectivity index (χ1) is 18.4. The van der Waals surface area contributed by atoms with Crippen molar-refractivity contribution in [1.82, 2.24) is 25.5 Å². The highest BCUT2D eigenvalue weighted by molar-refractivity contribution is 7.13. The summed E-state index contributed by atoms with van der Waals surface area (Å²) in [7, 11) is 0. The molecule has 1 aromatic carbocycles. The van der Waals surface area contributed by atoms with Crippen LogP contribution in [0.25, 0.3) is 6.08 Å². The number of aromatic nitrogens is 2. The highest BCUT2D eigenvalue weighted by Gasteiger charge is 2.29. The first-order valence-electron chi connectivity index (χ1n) is 12.1. The highest BCUT2D eigenvalue weighted by atomic mass is 35.5. The van der Waals surface area contributed by atoms with Crippen LogP contribution in [0.15, 0.2) is 60.9 Å². The van der Waals surface area contributed by atoms with E-state index in [1.54, 1.807) is 59.8 Å². The Balaban J connectivity index is 1.31. The van der Waals surface area contributed by atoms with Gasteiger partial charge in [0.1, 0.15) is 12.1 Å². The third kappa shape index (κ3) is 8.12. The molecular weight excluding hydrogens is 526 g/mol. The van der Waals surface area contributed by atoms with Gasteiger partial charge in [-0.3, -0.25) is 19.4 Å². The topological polar surface area (TPSA) is 114 Å². The van der Waals surface area contributed by atoms with E-state index in [9.17, 15) is 14.4 Å². The number of halogens is 1.